The molecule has 1 aliphatic carbocycles. The lowest BCUT2D eigenvalue weighted by molar-refractivity contribution is -0.146. The van der Waals surface area contributed by atoms with Crippen LogP contribution in [0.3, 0.4) is 0 Å². The first-order valence-electron chi connectivity index (χ1n) is 11.5. The summed E-state index contributed by atoms with van der Waals surface area (Å²) in [5.41, 5.74) is 0.403. The zero-order valence-corrected chi connectivity index (χ0v) is 17.8. The Labute approximate surface area is 163 Å². The van der Waals surface area contributed by atoms with E-state index in [1.165, 1.54) is 96.3 Å². The fraction of sp³-hybridized carbons (Fsp3) is 0.875. The molecule has 26 heavy (non-hydrogen) atoms. The molecule has 0 bridgehead atoms. The average molecular weight is 365 g/mol. The molecule has 0 saturated heterocycles. The average Bonchev–Trinajstić information content (AvgIpc) is 3.37. The summed E-state index contributed by atoms with van der Waals surface area (Å²) in [4.78, 5) is 11.6. The Bertz CT molecular complexity index is 382. The van der Waals surface area contributed by atoms with Gasteiger partial charge in [-0.3, -0.25) is 0 Å². The summed E-state index contributed by atoms with van der Waals surface area (Å²) >= 11 is 0. The van der Waals surface area contributed by atoms with E-state index in [2.05, 4.69) is 13.5 Å². The molecule has 0 amide bonds. The van der Waals surface area contributed by atoms with Crippen molar-refractivity contribution >= 4 is 5.97 Å². The topological polar surface area (TPSA) is 26.3 Å². The van der Waals surface area contributed by atoms with Crippen LogP contribution in [-0.2, 0) is 9.53 Å². The summed E-state index contributed by atoms with van der Waals surface area (Å²) in [6.07, 6.45) is 24.0. The van der Waals surface area contributed by atoms with E-state index in [0.29, 0.717) is 5.57 Å². The predicted octanol–water partition coefficient (Wildman–Crippen LogP) is 7.90. The van der Waals surface area contributed by atoms with E-state index in [1.807, 2.05) is 0 Å². The van der Waals surface area contributed by atoms with Gasteiger partial charge in [0.05, 0.1) is 0 Å². The van der Waals surface area contributed by atoms with Gasteiger partial charge >= 0.3 is 5.97 Å². The maximum absolute atomic E-state index is 11.6. The van der Waals surface area contributed by atoms with Crippen LogP contribution >= 0.6 is 0 Å². The zero-order chi connectivity index (χ0) is 19.1. The van der Waals surface area contributed by atoms with Crippen LogP contribution in [0.1, 0.15) is 129 Å². The van der Waals surface area contributed by atoms with E-state index >= 15 is 0 Å². The summed E-state index contributed by atoms with van der Waals surface area (Å²) < 4.78 is 5.59. The summed E-state index contributed by atoms with van der Waals surface area (Å²) in [5, 5.41) is 0. The van der Waals surface area contributed by atoms with Crippen LogP contribution in [0, 0.1) is 0 Å². The van der Waals surface area contributed by atoms with Gasteiger partial charge in [0.15, 0.2) is 0 Å². The molecule has 0 aromatic rings. The summed E-state index contributed by atoms with van der Waals surface area (Å²) in [5.74, 6) is -0.205. The highest BCUT2D eigenvalue weighted by Gasteiger charge is 2.46. The van der Waals surface area contributed by atoms with E-state index in [0.717, 1.165) is 19.3 Å². The van der Waals surface area contributed by atoms with Gasteiger partial charge in [-0.25, -0.2) is 4.79 Å². The van der Waals surface area contributed by atoms with Gasteiger partial charge in [-0.05, 0) is 32.6 Å². The van der Waals surface area contributed by atoms with Crippen LogP contribution in [-0.4, -0.2) is 11.6 Å². The van der Waals surface area contributed by atoms with Crippen molar-refractivity contribution in [3.05, 3.63) is 12.2 Å². The molecule has 0 aromatic heterocycles. The lowest BCUT2D eigenvalue weighted by Crippen LogP contribution is -2.19. The second-order valence-electron chi connectivity index (χ2n) is 8.55. The van der Waals surface area contributed by atoms with Gasteiger partial charge in [-0.2, -0.15) is 0 Å². The molecule has 0 atom stereocenters. The van der Waals surface area contributed by atoms with E-state index in [1.54, 1.807) is 6.92 Å². The third-order valence-corrected chi connectivity index (χ3v) is 5.70. The van der Waals surface area contributed by atoms with E-state index in [4.69, 9.17) is 4.74 Å². The largest absolute Gasteiger partial charge is 0.456 e. The molecule has 1 rings (SSSR count). The first kappa shape index (κ1) is 23.2. The Balaban J connectivity index is 1.80. The van der Waals surface area contributed by atoms with Gasteiger partial charge in [0, 0.05) is 5.57 Å². The van der Waals surface area contributed by atoms with Crippen molar-refractivity contribution in [1.29, 1.82) is 0 Å². The highest BCUT2D eigenvalue weighted by molar-refractivity contribution is 5.87. The first-order chi connectivity index (χ1) is 12.6. The van der Waals surface area contributed by atoms with Gasteiger partial charge in [0.2, 0.25) is 0 Å². The van der Waals surface area contributed by atoms with Crippen molar-refractivity contribution in [2.24, 2.45) is 0 Å². The van der Waals surface area contributed by atoms with Gasteiger partial charge < -0.3 is 4.74 Å². The fourth-order valence-electron chi connectivity index (χ4n) is 3.64. The SMILES string of the molecule is C=C(C)C(=O)OC1(CCCCCCCCCCCCCCCCC)CC1. The molecule has 1 saturated carbocycles. The minimum atomic E-state index is -0.205. The Morgan fingerprint density at radius 3 is 1.50 bits per heavy atom. The number of carbonyl (C=O) groups excluding carboxylic acids is 1. The number of unbranched alkanes of at least 4 members (excludes halogenated alkanes) is 14. The molecule has 152 valence electrons. The Hall–Kier alpha value is -0.790. The molecule has 0 N–H and O–H groups in total. The molecule has 2 nitrogen and oxygen atoms in total. The molecule has 1 aliphatic rings. The maximum atomic E-state index is 11.6. The first-order valence-corrected chi connectivity index (χ1v) is 11.5. The van der Waals surface area contributed by atoms with Crippen molar-refractivity contribution in [2.75, 3.05) is 0 Å². The fourth-order valence-corrected chi connectivity index (χ4v) is 3.64. The maximum Gasteiger partial charge on any atom is 0.333 e. The van der Waals surface area contributed by atoms with E-state index < -0.39 is 0 Å². The molecule has 0 spiro atoms. The smallest absolute Gasteiger partial charge is 0.333 e. The number of hydrogen-bond donors (Lipinski definition) is 0. The van der Waals surface area contributed by atoms with Crippen LogP contribution < -0.4 is 0 Å². The molecule has 0 aliphatic heterocycles. The molecule has 0 unspecified atom stereocenters. The van der Waals surface area contributed by atoms with Crippen LogP contribution in [0.5, 0.6) is 0 Å². The highest BCUT2D eigenvalue weighted by Crippen LogP contribution is 2.44. The molecule has 2 heteroatoms. The zero-order valence-electron chi connectivity index (χ0n) is 17.8. The van der Waals surface area contributed by atoms with Crippen molar-refractivity contribution in [1.82, 2.24) is 0 Å². The predicted molar refractivity (Wildman–Crippen MR) is 112 cm³/mol. The van der Waals surface area contributed by atoms with Crippen molar-refractivity contribution in [2.45, 2.75) is 135 Å². The highest BCUT2D eigenvalue weighted by atomic mass is 16.6. The molecular weight excluding hydrogens is 320 g/mol. The lowest BCUT2D eigenvalue weighted by atomic mass is 10.0. The standard InChI is InChI=1S/C24H44O2/c1-4-5-6-7-8-9-10-11-12-13-14-15-16-17-18-19-24(20-21-24)26-23(25)22(2)3/h2,4-21H2,1,3H3. The van der Waals surface area contributed by atoms with Gasteiger partial charge in [0.25, 0.3) is 0 Å². The lowest BCUT2D eigenvalue weighted by Gasteiger charge is -2.16. The van der Waals surface area contributed by atoms with Crippen LogP contribution in [0.25, 0.3) is 0 Å². The molecule has 0 heterocycles. The minimum absolute atomic E-state index is 0.118. The summed E-state index contributed by atoms with van der Waals surface area (Å²) in [6.45, 7) is 7.68. The number of carbonyl (C=O) groups is 1. The number of rotatable bonds is 18. The molecular formula is C24H44O2. The minimum Gasteiger partial charge on any atom is -0.456 e. The Morgan fingerprint density at radius 1 is 0.769 bits per heavy atom. The van der Waals surface area contributed by atoms with E-state index in [-0.39, 0.29) is 11.6 Å². The molecule has 1 fully saturated rings. The van der Waals surface area contributed by atoms with Crippen molar-refractivity contribution in [3.8, 4) is 0 Å². The van der Waals surface area contributed by atoms with Crippen LogP contribution in [0.2, 0.25) is 0 Å². The molecule has 0 radical (unpaired) electrons. The van der Waals surface area contributed by atoms with Crippen molar-refractivity contribution in [3.63, 3.8) is 0 Å². The third-order valence-electron chi connectivity index (χ3n) is 5.70. The second-order valence-corrected chi connectivity index (χ2v) is 8.55. The number of ether oxygens (including phenoxy) is 1. The van der Waals surface area contributed by atoms with Gasteiger partial charge in [0.1, 0.15) is 5.60 Å². The molecule has 0 aromatic carbocycles. The van der Waals surface area contributed by atoms with Crippen LogP contribution in [0.15, 0.2) is 12.2 Å². The van der Waals surface area contributed by atoms with Gasteiger partial charge in [-0.1, -0.05) is 103 Å². The van der Waals surface area contributed by atoms with Gasteiger partial charge in [-0.15, -0.1) is 0 Å². The number of esters is 1. The quantitative estimate of drug-likeness (QED) is 0.140. The van der Waals surface area contributed by atoms with Crippen LogP contribution in [0.4, 0.5) is 0 Å². The second kappa shape index (κ2) is 14.3. The number of hydrogen-bond acceptors (Lipinski definition) is 2. The van der Waals surface area contributed by atoms with Crippen molar-refractivity contribution < 1.29 is 9.53 Å². The normalized spacial score (nSPS) is 15.0. The Kier molecular flexibility index (Phi) is 12.8. The summed E-state index contributed by atoms with van der Waals surface area (Å²) in [7, 11) is 0. The third kappa shape index (κ3) is 11.8. The summed E-state index contributed by atoms with van der Waals surface area (Å²) in [6, 6.07) is 0. The monoisotopic (exact) mass is 364 g/mol. The van der Waals surface area contributed by atoms with E-state index in [9.17, 15) is 4.79 Å². The Morgan fingerprint density at radius 2 is 1.15 bits per heavy atom.